The summed E-state index contributed by atoms with van der Waals surface area (Å²) in [4.78, 5) is 8.27. The molecule has 0 spiro atoms. The van der Waals surface area contributed by atoms with E-state index in [0.717, 1.165) is 53.2 Å². The van der Waals surface area contributed by atoms with E-state index in [0.29, 0.717) is 17.9 Å². The number of rotatable bonds is 7. The fourth-order valence-corrected chi connectivity index (χ4v) is 3.61. The molecule has 2 fully saturated rings. The van der Waals surface area contributed by atoms with Gasteiger partial charge in [-0.1, -0.05) is 43.9 Å². The average molecular weight is 412 g/mol. The molecule has 1 aromatic carbocycles. The van der Waals surface area contributed by atoms with Gasteiger partial charge in [-0.05, 0) is 60.8 Å². The molecule has 4 heteroatoms. The van der Waals surface area contributed by atoms with Crippen molar-refractivity contribution in [1.82, 2.24) is 15.3 Å². The Morgan fingerprint density at radius 2 is 2.06 bits per heavy atom. The van der Waals surface area contributed by atoms with Crippen molar-refractivity contribution >= 4 is 16.5 Å². The Morgan fingerprint density at radius 3 is 2.81 bits per heavy atom. The van der Waals surface area contributed by atoms with Gasteiger partial charge in [-0.15, -0.1) is 0 Å². The van der Waals surface area contributed by atoms with E-state index in [1.54, 1.807) is 0 Å². The standard InChI is InChI=1S/C27H29N3O/c1-18(2)24(17-28-16-22-14-21-5-3-4-6-25(21)30-22)27-26(31-23-11-12-23)13-20(15-29-27)10-9-19-7-8-19/h3-6,13-15,17-19,23,28,30H,7-8,11-12,16H2,1-2H3/b24-17+. The molecule has 158 valence electrons. The molecule has 4 nitrogen and oxygen atoms in total. The minimum Gasteiger partial charge on any atom is -0.488 e. The van der Waals surface area contributed by atoms with Crippen molar-refractivity contribution in [3.8, 4) is 17.6 Å². The molecule has 2 aromatic heterocycles. The second-order valence-electron chi connectivity index (χ2n) is 8.95. The van der Waals surface area contributed by atoms with Crippen molar-refractivity contribution in [2.45, 2.75) is 52.2 Å². The van der Waals surface area contributed by atoms with Crippen molar-refractivity contribution in [3.63, 3.8) is 0 Å². The smallest absolute Gasteiger partial charge is 0.146 e. The predicted octanol–water partition coefficient (Wildman–Crippen LogP) is 5.65. The summed E-state index contributed by atoms with van der Waals surface area (Å²) in [5, 5.41) is 4.72. The average Bonchev–Trinajstić information content (AvgIpc) is 3.69. The zero-order valence-corrected chi connectivity index (χ0v) is 18.2. The van der Waals surface area contributed by atoms with E-state index in [1.807, 2.05) is 6.20 Å². The Kier molecular flexibility index (Phi) is 5.42. The van der Waals surface area contributed by atoms with Crippen LogP contribution in [0, 0.1) is 23.7 Å². The number of nitrogens with one attached hydrogen (secondary N) is 2. The highest BCUT2D eigenvalue weighted by atomic mass is 16.5. The number of aromatic nitrogens is 2. The SMILES string of the molecule is CC(C)/C(=C\NCc1cc2ccccc2[nH]1)c1ncc(C#CC2CC2)cc1OC1CC1. The molecule has 0 amide bonds. The third-order valence-electron chi connectivity index (χ3n) is 5.70. The number of aromatic amines is 1. The number of nitrogens with zero attached hydrogens (tertiary/aromatic N) is 1. The molecule has 0 unspecified atom stereocenters. The maximum Gasteiger partial charge on any atom is 0.146 e. The topological polar surface area (TPSA) is 49.9 Å². The summed E-state index contributed by atoms with van der Waals surface area (Å²) in [5.41, 5.74) is 5.34. The highest BCUT2D eigenvalue weighted by Crippen LogP contribution is 2.34. The highest BCUT2D eigenvalue weighted by Gasteiger charge is 2.26. The molecule has 2 aliphatic carbocycles. The number of fused-ring (bicyclic) bond motifs is 1. The normalized spacial score (nSPS) is 16.3. The van der Waals surface area contributed by atoms with Crippen LogP contribution in [0.25, 0.3) is 16.5 Å². The van der Waals surface area contributed by atoms with E-state index in [4.69, 9.17) is 9.72 Å². The first-order valence-corrected chi connectivity index (χ1v) is 11.3. The number of hydrogen-bond donors (Lipinski definition) is 2. The van der Waals surface area contributed by atoms with E-state index in [9.17, 15) is 0 Å². The van der Waals surface area contributed by atoms with Crippen molar-refractivity contribution in [2.24, 2.45) is 11.8 Å². The minimum absolute atomic E-state index is 0.313. The van der Waals surface area contributed by atoms with Crippen LogP contribution in [0.5, 0.6) is 5.75 Å². The Morgan fingerprint density at radius 1 is 1.23 bits per heavy atom. The molecule has 0 atom stereocenters. The molecule has 0 bridgehead atoms. The summed E-state index contributed by atoms with van der Waals surface area (Å²) >= 11 is 0. The van der Waals surface area contributed by atoms with Gasteiger partial charge in [0.15, 0.2) is 0 Å². The molecule has 0 aliphatic heterocycles. The largest absolute Gasteiger partial charge is 0.488 e. The van der Waals surface area contributed by atoms with E-state index < -0.39 is 0 Å². The summed E-state index contributed by atoms with van der Waals surface area (Å²) in [7, 11) is 0. The maximum absolute atomic E-state index is 6.25. The van der Waals surface area contributed by atoms with Gasteiger partial charge in [-0.2, -0.15) is 0 Å². The second-order valence-corrected chi connectivity index (χ2v) is 8.95. The van der Waals surface area contributed by atoms with Gasteiger partial charge < -0.3 is 15.0 Å². The number of hydrogen-bond acceptors (Lipinski definition) is 3. The quantitative estimate of drug-likeness (QED) is 0.494. The van der Waals surface area contributed by atoms with Crippen molar-refractivity contribution in [2.75, 3.05) is 0 Å². The van der Waals surface area contributed by atoms with Crippen molar-refractivity contribution in [1.29, 1.82) is 0 Å². The van der Waals surface area contributed by atoms with Gasteiger partial charge in [0.2, 0.25) is 0 Å². The lowest BCUT2D eigenvalue weighted by Crippen LogP contribution is -2.10. The van der Waals surface area contributed by atoms with Gasteiger partial charge in [0.1, 0.15) is 11.4 Å². The third kappa shape index (κ3) is 4.94. The van der Waals surface area contributed by atoms with Gasteiger partial charge in [0.05, 0.1) is 12.6 Å². The summed E-state index contributed by atoms with van der Waals surface area (Å²) in [6.07, 6.45) is 9.00. The van der Waals surface area contributed by atoms with Crippen molar-refractivity contribution < 1.29 is 4.74 Å². The van der Waals surface area contributed by atoms with Gasteiger partial charge in [-0.25, -0.2) is 0 Å². The molecule has 0 saturated heterocycles. The summed E-state index contributed by atoms with van der Waals surface area (Å²) in [6, 6.07) is 12.6. The zero-order chi connectivity index (χ0) is 21.2. The number of para-hydroxylation sites is 1. The lowest BCUT2D eigenvalue weighted by molar-refractivity contribution is 0.300. The summed E-state index contributed by atoms with van der Waals surface area (Å²) < 4.78 is 6.25. The zero-order valence-electron chi connectivity index (χ0n) is 18.2. The lowest BCUT2D eigenvalue weighted by atomic mass is 9.99. The van der Waals surface area contributed by atoms with Crippen LogP contribution in [-0.4, -0.2) is 16.1 Å². The van der Waals surface area contributed by atoms with Crippen LogP contribution in [-0.2, 0) is 6.54 Å². The number of allylic oxidation sites excluding steroid dienone is 1. The molecule has 0 radical (unpaired) electrons. The van der Waals surface area contributed by atoms with Crippen LogP contribution in [0.15, 0.2) is 48.8 Å². The first-order chi connectivity index (χ1) is 15.2. The molecule has 2 N–H and O–H groups in total. The summed E-state index contributed by atoms with van der Waals surface area (Å²) in [6.45, 7) is 5.12. The summed E-state index contributed by atoms with van der Waals surface area (Å²) in [5.74, 6) is 8.36. The molecular weight excluding hydrogens is 382 g/mol. The minimum atomic E-state index is 0.313. The predicted molar refractivity (Wildman–Crippen MR) is 125 cm³/mol. The monoisotopic (exact) mass is 411 g/mol. The Bertz CT molecular complexity index is 1140. The Labute approximate surface area is 184 Å². The molecule has 2 saturated carbocycles. The maximum atomic E-state index is 6.25. The molecule has 31 heavy (non-hydrogen) atoms. The van der Waals surface area contributed by atoms with Crippen LogP contribution in [0.4, 0.5) is 0 Å². The first-order valence-electron chi connectivity index (χ1n) is 11.3. The third-order valence-corrected chi connectivity index (χ3v) is 5.70. The van der Waals surface area contributed by atoms with Crippen LogP contribution in [0.3, 0.4) is 0 Å². The first kappa shape index (κ1) is 19.8. The van der Waals surface area contributed by atoms with Crippen LogP contribution in [0.2, 0.25) is 0 Å². The van der Waals surface area contributed by atoms with E-state index in [2.05, 4.69) is 78.6 Å². The number of H-pyrrole nitrogens is 1. The highest BCUT2D eigenvalue weighted by molar-refractivity contribution is 5.80. The fraction of sp³-hybridized carbons (Fsp3) is 0.370. The van der Waals surface area contributed by atoms with Gasteiger partial charge in [-0.3, -0.25) is 4.98 Å². The van der Waals surface area contributed by atoms with Gasteiger partial charge in [0, 0.05) is 35.1 Å². The van der Waals surface area contributed by atoms with Crippen LogP contribution < -0.4 is 10.1 Å². The van der Waals surface area contributed by atoms with Gasteiger partial charge >= 0.3 is 0 Å². The Hall–Kier alpha value is -3.19. The van der Waals surface area contributed by atoms with Crippen LogP contribution >= 0.6 is 0 Å². The molecule has 3 aromatic rings. The van der Waals surface area contributed by atoms with E-state index >= 15 is 0 Å². The van der Waals surface area contributed by atoms with E-state index in [-0.39, 0.29) is 0 Å². The van der Waals surface area contributed by atoms with Crippen molar-refractivity contribution in [3.05, 3.63) is 65.7 Å². The number of pyridine rings is 1. The van der Waals surface area contributed by atoms with E-state index in [1.165, 1.54) is 18.2 Å². The fourth-order valence-electron chi connectivity index (χ4n) is 3.61. The number of ether oxygens (including phenoxy) is 1. The van der Waals surface area contributed by atoms with Crippen LogP contribution in [0.1, 0.15) is 56.5 Å². The second kappa shape index (κ2) is 8.51. The lowest BCUT2D eigenvalue weighted by Gasteiger charge is -2.16. The molecule has 5 rings (SSSR count). The molecule has 2 aliphatic rings. The number of benzene rings is 1. The van der Waals surface area contributed by atoms with Gasteiger partial charge in [0.25, 0.3) is 0 Å². The molecule has 2 heterocycles. The Balaban J connectivity index is 1.38. The molecular formula is C27H29N3O.